The van der Waals surface area contributed by atoms with E-state index in [0.29, 0.717) is 4.88 Å². The van der Waals surface area contributed by atoms with E-state index in [1.54, 1.807) is 19.1 Å². The first-order valence-electron chi connectivity index (χ1n) is 4.62. The molecule has 0 fully saturated rings. The number of primary amides is 1. The predicted molar refractivity (Wildman–Crippen MR) is 61.6 cm³/mol. The first-order chi connectivity index (χ1) is 7.65. The first-order valence-corrected chi connectivity index (χ1v) is 5.50. The summed E-state index contributed by atoms with van der Waals surface area (Å²) in [4.78, 5) is 22.9. The van der Waals surface area contributed by atoms with Crippen molar-refractivity contribution < 1.29 is 14.3 Å². The number of carbonyl (C=O) groups is 2. The monoisotopic (exact) mass is 240 g/mol. The maximum Gasteiger partial charge on any atom is 0.341 e. The number of thiophene rings is 1. The molecule has 86 valence electrons. The molecule has 2 amide bonds. The zero-order chi connectivity index (χ0) is 12.0. The number of nitrogens with one attached hydrogen (secondary N) is 1. The Morgan fingerprint density at radius 3 is 2.88 bits per heavy atom. The number of hydrogen-bond donors (Lipinski definition) is 2. The van der Waals surface area contributed by atoms with Gasteiger partial charge in [0.1, 0.15) is 0 Å². The molecule has 6 heteroatoms. The van der Waals surface area contributed by atoms with Crippen molar-refractivity contribution in [2.75, 3.05) is 6.61 Å². The molecule has 0 atom stereocenters. The number of esters is 1. The van der Waals surface area contributed by atoms with Crippen LogP contribution in [0.3, 0.4) is 0 Å². The van der Waals surface area contributed by atoms with Gasteiger partial charge in [-0.1, -0.05) is 6.07 Å². The molecule has 0 aliphatic heterocycles. The summed E-state index contributed by atoms with van der Waals surface area (Å²) in [6.07, 6.45) is 1.26. The molecule has 0 unspecified atom stereocenters. The van der Waals surface area contributed by atoms with E-state index in [-0.39, 0.29) is 12.2 Å². The average Bonchev–Trinajstić information content (AvgIpc) is 2.71. The largest absolute Gasteiger partial charge is 0.462 e. The van der Waals surface area contributed by atoms with Gasteiger partial charge in [0, 0.05) is 11.1 Å². The topological polar surface area (TPSA) is 81.4 Å². The van der Waals surface area contributed by atoms with Crippen molar-refractivity contribution in [2.45, 2.75) is 6.92 Å². The molecular weight excluding hydrogens is 228 g/mol. The molecule has 0 bridgehead atoms. The number of hydrogen-bond acceptors (Lipinski definition) is 4. The van der Waals surface area contributed by atoms with E-state index in [1.165, 1.54) is 17.5 Å². The summed E-state index contributed by atoms with van der Waals surface area (Å²) >= 11 is 1.38. The van der Waals surface area contributed by atoms with E-state index in [4.69, 9.17) is 10.5 Å². The molecule has 3 N–H and O–H groups in total. The Morgan fingerprint density at radius 1 is 1.62 bits per heavy atom. The second-order valence-corrected chi connectivity index (χ2v) is 3.71. The highest BCUT2D eigenvalue weighted by molar-refractivity contribution is 7.11. The van der Waals surface area contributed by atoms with Crippen LogP contribution in [0.1, 0.15) is 11.8 Å². The lowest BCUT2D eigenvalue weighted by molar-refractivity contribution is -0.136. The fourth-order valence-corrected chi connectivity index (χ4v) is 1.74. The van der Waals surface area contributed by atoms with E-state index in [9.17, 15) is 9.59 Å². The van der Waals surface area contributed by atoms with E-state index < -0.39 is 12.0 Å². The van der Waals surface area contributed by atoms with Crippen molar-refractivity contribution >= 4 is 28.9 Å². The molecule has 0 spiro atoms. The predicted octanol–water partition coefficient (Wildman–Crippen LogP) is 1.32. The van der Waals surface area contributed by atoms with E-state index in [2.05, 4.69) is 5.32 Å². The molecule has 1 rings (SSSR count). The SMILES string of the molecule is CCOC(=O)/C(=C\NC(N)=O)c1cccs1. The lowest BCUT2D eigenvalue weighted by atomic mass is 10.2. The third kappa shape index (κ3) is 3.39. The molecule has 0 aromatic carbocycles. The molecule has 0 saturated carbocycles. The molecule has 0 saturated heterocycles. The van der Waals surface area contributed by atoms with Crippen LogP contribution in [0.15, 0.2) is 23.7 Å². The number of urea groups is 1. The van der Waals surface area contributed by atoms with Crippen LogP contribution in [0.25, 0.3) is 5.57 Å². The highest BCUT2D eigenvalue weighted by Gasteiger charge is 2.14. The summed E-state index contributed by atoms with van der Waals surface area (Å²) in [5, 5.41) is 4.08. The lowest BCUT2D eigenvalue weighted by Gasteiger charge is -2.04. The van der Waals surface area contributed by atoms with Gasteiger partial charge >= 0.3 is 12.0 Å². The highest BCUT2D eigenvalue weighted by Crippen LogP contribution is 2.20. The maximum absolute atomic E-state index is 11.6. The van der Waals surface area contributed by atoms with Crippen LogP contribution in [0, 0.1) is 0 Å². The first kappa shape index (κ1) is 12.3. The van der Waals surface area contributed by atoms with E-state index >= 15 is 0 Å². The quantitative estimate of drug-likeness (QED) is 0.615. The summed E-state index contributed by atoms with van der Waals surface area (Å²) in [7, 11) is 0. The van der Waals surface area contributed by atoms with Crippen LogP contribution in [0.2, 0.25) is 0 Å². The third-order valence-electron chi connectivity index (χ3n) is 1.64. The molecule has 0 aliphatic rings. The fraction of sp³-hybridized carbons (Fsp3) is 0.200. The van der Waals surface area contributed by atoms with Crippen molar-refractivity contribution in [3.8, 4) is 0 Å². The van der Waals surface area contributed by atoms with Gasteiger partial charge in [0.25, 0.3) is 0 Å². The van der Waals surface area contributed by atoms with Crippen LogP contribution in [0.5, 0.6) is 0 Å². The van der Waals surface area contributed by atoms with Crippen LogP contribution >= 0.6 is 11.3 Å². The average molecular weight is 240 g/mol. The standard InChI is InChI=1S/C10H12N2O3S/c1-2-15-9(13)7(6-12-10(11)14)8-4-3-5-16-8/h3-6H,2H2,1H3,(H3,11,12,14)/b7-6-. The van der Waals surface area contributed by atoms with Crippen molar-refractivity contribution in [1.29, 1.82) is 0 Å². The van der Waals surface area contributed by atoms with E-state index in [0.717, 1.165) is 0 Å². The highest BCUT2D eigenvalue weighted by atomic mass is 32.1. The third-order valence-corrected chi connectivity index (χ3v) is 2.54. The number of amides is 2. The second kappa shape index (κ2) is 5.92. The number of carbonyl (C=O) groups excluding carboxylic acids is 2. The van der Waals surface area contributed by atoms with Gasteiger partial charge in [-0.15, -0.1) is 11.3 Å². The van der Waals surface area contributed by atoms with Crippen LogP contribution in [-0.2, 0) is 9.53 Å². The Hall–Kier alpha value is -1.82. The number of rotatable bonds is 4. The van der Waals surface area contributed by atoms with E-state index in [1.807, 2.05) is 5.38 Å². The number of nitrogens with two attached hydrogens (primary N) is 1. The minimum Gasteiger partial charge on any atom is -0.462 e. The summed E-state index contributed by atoms with van der Waals surface area (Å²) in [5.41, 5.74) is 5.21. The Balaban J connectivity index is 2.90. The Labute approximate surface area is 96.9 Å². The summed E-state index contributed by atoms with van der Waals surface area (Å²) in [6, 6.07) is 2.84. The van der Waals surface area contributed by atoms with Gasteiger partial charge in [0.05, 0.1) is 12.2 Å². The van der Waals surface area contributed by atoms with Crippen LogP contribution in [0.4, 0.5) is 4.79 Å². The minimum absolute atomic E-state index is 0.276. The van der Waals surface area contributed by atoms with Crippen LogP contribution < -0.4 is 11.1 Å². The second-order valence-electron chi connectivity index (χ2n) is 2.76. The lowest BCUT2D eigenvalue weighted by Crippen LogP contribution is -2.25. The molecule has 1 heterocycles. The van der Waals surface area contributed by atoms with Crippen LogP contribution in [-0.4, -0.2) is 18.6 Å². The molecule has 0 radical (unpaired) electrons. The van der Waals surface area contributed by atoms with Gasteiger partial charge in [-0.05, 0) is 18.4 Å². The molecular formula is C10H12N2O3S. The summed E-state index contributed by atoms with van der Waals surface area (Å²) in [5.74, 6) is -0.487. The van der Waals surface area contributed by atoms with Gasteiger partial charge < -0.3 is 15.8 Å². The smallest absolute Gasteiger partial charge is 0.341 e. The molecule has 16 heavy (non-hydrogen) atoms. The van der Waals surface area contributed by atoms with Crippen molar-refractivity contribution in [2.24, 2.45) is 5.73 Å². The molecule has 1 aromatic heterocycles. The van der Waals surface area contributed by atoms with Gasteiger partial charge in [-0.3, -0.25) is 0 Å². The van der Waals surface area contributed by atoms with Gasteiger partial charge in [0.15, 0.2) is 0 Å². The zero-order valence-corrected chi connectivity index (χ0v) is 9.54. The minimum atomic E-state index is -0.724. The van der Waals surface area contributed by atoms with Gasteiger partial charge in [-0.2, -0.15) is 0 Å². The van der Waals surface area contributed by atoms with Crippen molar-refractivity contribution in [1.82, 2.24) is 5.32 Å². The Kier molecular flexibility index (Phi) is 4.53. The van der Waals surface area contributed by atoms with Gasteiger partial charge in [0.2, 0.25) is 0 Å². The molecule has 1 aromatic rings. The maximum atomic E-state index is 11.6. The summed E-state index contributed by atoms with van der Waals surface area (Å²) in [6.45, 7) is 1.99. The fourth-order valence-electron chi connectivity index (χ4n) is 1.01. The van der Waals surface area contributed by atoms with Gasteiger partial charge in [-0.25, -0.2) is 9.59 Å². The molecule has 5 nitrogen and oxygen atoms in total. The van der Waals surface area contributed by atoms with Crippen molar-refractivity contribution in [3.05, 3.63) is 28.6 Å². The summed E-state index contributed by atoms with van der Waals surface area (Å²) < 4.78 is 4.87. The normalized spacial score (nSPS) is 10.9. The van der Waals surface area contributed by atoms with Crippen molar-refractivity contribution in [3.63, 3.8) is 0 Å². The molecule has 0 aliphatic carbocycles. The Morgan fingerprint density at radius 2 is 2.38 bits per heavy atom. The number of ether oxygens (including phenoxy) is 1. The Bertz CT molecular complexity index is 398. The zero-order valence-electron chi connectivity index (χ0n) is 8.73.